The minimum absolute atomic E-state index is 0.0541. The van der Waals surface area contributed by atoms with E-state index in [9.17, 15) is 30.3 Å². The van der Waals surface area contributed by atoms with Crippen LogP contribution in [-0.2, 0) is 33.2 Å². The Labute approximate surface area is 350 Å². The zero-order chi connectivity index (χ0) is 43.5. The molecule has 3 aliphatic rings. The lowest BCUT2D eigenvalue weighted by Crippen LogP contribution is -2.61. The van der Waals surface area contributed by atoms with Gasteiger partial charge in [0.25, 0.3) is 0 Å². The third kappa shape index (κ3) is 11.0. The Hall–Kier alpha value is -1.73. The Morgan fingerprint density at radius 2 is 1.55 bits per heavy atom. The molecule has 0 radical (unpaired) electrons. The van der Waals surface area contributed by atoms with Gasteiger partial charge < -0.3 is 58.9 Å². The van der Waals surface area contributed by atoms with E-state index >= 15 is 0 Å². The summed E-state index contributed by atoms with van der Waals surface area (Å²) in [6.45, 7) is 17.4. The molecule has 0 aromatic heterocycles. The number of aliphatic hydroxyl groups excluding tert-OH is 3. The molecule has 0 saturated carbocycles. The summed E-state index contributed by atoms with van der Waals surface area (Å²) < 4.78 is 42.8. The molecule has 3 aliphatic heterocycles. The van der Waals surface area contributed by atoms with Crippen molar-refractivity contribution in [1.29, 1.82) is 0 Å². The van der Waals surface area contributed by atoms with Crippen LogP contribution in [0.2, 0.25) is 0 Å². The first-order valence-corrected chi connectivity index (χ1v) is 21.6. The Kier molecular flexibility index (Phi) is 16.9. The van der Waals surface area contributed by atoms with Crippen LogP contribution in [0, 0.1) is 23.7 Å². The normalized spacial score (nSPS) is 45.8. The molecule has 3 saturated heterocycles. The highest BCUT2D eigenvalue weighted by Gasteiger charge is 2.53. The third-order valence-electron chi connectivity index (χ3n) is 12.9. The summed E-state index contributed by atoms with van der Waals surface area (Å²) in [6.07, 6.45) is -9.02. The van der Waals surface area contributed by atoms with Gasteiger partial charge in [-0.3, -0.25) is 4.79 Å². The average Bonchev–Trinajstić information content (AvgIpc) is 3.16. The van der Waals surface area contributed by atoms with Gasteiger partial charge in [0.15, 0.2) is 12.6 Å². The van der Waals surface area contributed by atoms with Gasteiger partial charge in [0.05, 0.1) is 47.6 Å². The third-order valence-corrected chi connectivity index (χ3v) is 13.6. The topological polar surface area (TPSA) is 189 Å². The molecule has 14 nitrogen and oxygen atoms in total. The second-order valence-electron chi connectivity index (χ2n) is 18.0. The number of hydrogen-bond acceptors (Lipinski definition) is 15. The largest absolute Gasteiger partial charge is 0.459 e. The lowest BCUT2D eigenvalue weighted by atomic mass is 9.73. The summed E-state index contributed by atoms with van der Waals surface area (Å²) in [5.41, 5.74) is -4.14. The monoisotopic (exact) mass is 840 g/mol. The van der Waals surface area contributed by atoms with Crippen molar-refractivity contribution in [3.63, 3.8) is 0 Å². The van der Waals surface area contributed by atoms with E-state index in [-0.39, 0.29) is 31.4 Å². The van der Waals surface area contributed by atoms with Gasteiger partial charge in [0.1, 0.15) is 23.9 Å². The first-order chi connectivity index (χ1) is 27.0. The highest BCUT2D eigenvalue weighted by atomic mass is 32.2. The molecule has 1 aromatic rings. The number of hydrogen-bond donors (Lipinski definition) is 5. The first kappa shape index (κ1) is 48.9. The maximum atomic E-state index is 14.4. The van der Waals surface area contributed by atoms with Gasteiger partial charge >= 0.3 is 5.97 Å². The zero-order valence-electron chi connectivity index (χ0n) is 36.8. The van der Waals surface area contributed by atoms with Crippen LogP contribution in [0.5, 0.6) is 0 Å². The molecular formula is C43H72N2O12S. The Morgan fingerprint density at radius 1 is 0.914 bits per heavy atom. The smallest absolute Gasteiger partial charge is 0.311 e. The molecule has 0 bridgehead atoms. The van der Waals surface area contributed by atoms with Gasteiger partial charge in [-0.1, -0.05) is 45.9 Å². The van der Waals surface area contributed by atoms with E-state index in [1.54, 1.807) is 41.5 Å². The predicted molar refractivity (Wildman–Crippen MR) is 221 cm³/mol. The molecular weight excluding hydrogens is 769 g/mol. The maximum absolute atomic E-state index is 14.4. The molecule has 15 heteroatoms. The van der Waals surface area contributed by atoms with Gasteiger partial charge in [0.2, 0.25) is 0 Å². The standard InChI is InChI=1S/C43H72N2O12S/c1-14-31-43(10,51)36(47)25(4)33(44-58-29-18-16-15-17-19-29)23(2)21-41(8,50)38(57-40-34(46)30(45(11)12)20-24(3)53-40)26(5)35(27(6)39(49)55-31)56-32-22-42(9,52-13)37(48)28(7)54-32/h15-19,23-28,30-32,34-38,40,46-48,50-51H,14,20-22H2,1-13H3/b44-33+/t23-,24-,25+,26+,27-,28+,30+,31-,32?,34-,35+,36-,37+,38-,40+,41+,42-,43-/m1/s1. The van der Waals surface area contributed by atoms with E-state index in [2.05, 4.69) is 0 Å². The fraction of sp³-hybridized carbons (Fsp3) is 0.814. The number of carbonyl (C=O) groups is 1. The van der Waals surface area contributed by atoms with E-state index in [1.165, 1.54) is 26.0 Å². The predicted octanol–water partition coefficient (Wildman–Crippen LogP) is 4.36. The number of carbonyl (C=O) groups excluding carboxylic acids is 1. The number of ether oxygens (including phenoxy) is 6. The van der Waals surface area contributed by atoms with Crippen molar-refractivity contribution in [2.45, 2.75) is 184 Å². The second-order valence-corrected chi connectivity index (χ2v) is 18.8. The van der Waals surface area contributed by atoms with Gasteiger partial charge in [-0.25, -0.2) is 4.40 Å². The van der Waals surface area contributed by atoms with Crippen molar-refractivity contribution in [3.05, 3.63) is 30.3 Å². The fourth-order valence-electron chi connectivity index (χ4n) is 9.18. The summed E-state index contributed by atoms with van der Waals surface area (Å²) in [4.78, 5) is 17.1. The Bertz CT molecular complexity index is 1500. The van der Waals surface area contributed by atoms with E-state index in [4.69, 9.17) is 32.8 Å². The highest BCUT2D eigenvalue weighted by Crippen LogP contribution is 2.41. The molecule has 5 N–H and O–H groups in total. The van der Waals surface area contributed by atoms with E-state index in [0.29, 0.717) is 12.1 Å². The van der Waals surface area contributed by atoms with Crippen LogP contribution in [-0.4, -0.2) is 148 Å². The molecule has 3 fully saturated rings. The quantitative estimate of drug-likeness (QED) is 0.174. The molecule has 0 amide bonds. The molecule has 332 valence electrons. The lowest BCUT2D eigenvalue weighted by Gasteiger charge is -2.49. The highest BCUT2D eigenvalue weighted by molar-refractivity contribution is 7.98. The zero-order valence-corrected chi connectivity index (χ0v) is 37.6. The van der Waals surface area contributed by atoms with Crippen molar-refractivity contribution in [2.24, 2.45) is 28.1 Å². The van der Waals surface area contributed by atoms with Gasteiger partial charge in [0, 0.05) is 54.0 Å². The van der Waals surface area contributed by atoms with E-state index in [0.717, 1.165) is 4.90 Å². The molecule has 0 aliphatic carbocycles. The summed E-state index contributed by atoms with van der Waals surface area (Å²) in [7, 11) is 5.26. The fourth-order valence-corrected chi connectivity index (χ4v) is 10.0. The summed E-state index contributed by atoms with van der Waals surface area (Å²) in [6, 6.07) is 9.23. The number of esters is 1. The Morgan fingerprint density at radius 3 is 2.14 bits per heavy atom. The number of likely N-dealkylation sites (N-methyl/N-ethyl adjacent to an activating group) is 1. The lowest BCUT2D eigenvalue weighted by molar-refractivity contribution is -0.317. The second kappa shape index (κ2) is 20.0. The van der Waals surface area contributed by atoms with Gasteiger partial charge in [-0.05, 0) is 93.0 Å². The molecule has 3 heterocycles. The van der Waals surface area contributed by atoms with Crippen LogP contribution >= 0.6 is 11.9 Å². The molecule has 18 atom stereocenters. The van der Waals surface area contributed by atoms with Crippen molar-refractivity contribution < 1.29 is 58.7 Å². The van der Waals surface area contributed by atoms with Crippen molar-refractivity contribution >= 4 is 23.6 Å². The molecule has 4 rings (SSSR count). The molecule has 1 aromatic carbocycles. The number of cyclic esters (lactones) is 1. The van der Waals surface area contributed by atoms with Crippen LogP contribution < -0.4 is 0 Å². The number of aliphatic hydroxyl groups is 5. The van der Waals surface area contributed by atoms with Crippen LogP contribution in [0.1, 0.15) is 94.9 Å². The summed E-state index contributed by atoms with van der Waals surface area (Å²) >= 11 is 1.22. The summed E-state index contributed by atoms with van der Waals surface area (Å²) in [5, 5.41) is 59.5. The first-order valence-electron chi connectivity index (χ1n) is 20.8. The van der Waals surface area contributed by atoms with E-state index < -0.39 is 102 Å². The minimum atomic E-state index is -1.91. The van der Waals surface area contributed by atoms with E-state index in [1.807, 2.05) is 70.1 Å². The number of rotatable bonds is 9. The average molecular weight is 841 g/mol. The molecule has 1 unspecified atom stereocenters. The maximum Gasteiger partial charge on any atom is 0.311 e. The minimum Gasteiger partial charge on any atom is -0.459 e. The van der Waals surface area contributed by atoms with Crippen LogP contribution in [0.15, 0.2) is 39.6 Å². The summed E-state index contributed by atoms with van der Waals surface area (Å²) in [5.74, 6) is -3.81. The van der Waals surface area contributed by atoms with Crippen LogP contribution in [0.4, 0.5) is 0 Å². The van der Waals surface area contributed by atoms with Gasteiger partial charge in [-0.15, -0.1) is 0 Å². The SMILES string of the molecule is CC[C@H]1OC(=O)[C@H](C)[C@@H](OC2C[C@@](C)(OC)[C@@H](O)[C@H](C)O2)[C@H](C)[C@@H](O[C@@H]2O[C@H](C)C[C@H](N(C)C)[C@H]2O)[C@@](C)(O)C[C@@H](C)/C(=N\Sc2ccccc2)[C@H](C)[C@@H](O)[C@]1(C)O. The molecule has 58 heavy (non-hydrogen) atoms. The Balaban J connectivity index is 1.89. The molecule has 0 spiro atoms. The number of nitrogens with zero attached hydrogens (tertiary/aromatic N) is 2. The van der Waals surface area contributed by atoms with Crippen molar-refractivity contribution in [2.75, 3.05) is 21.2 Å². The number of benzene rings is 1. The van der Waals surface area contributed by atoms with Crippen LogP contribution in [0.25, 0.3) is 0 Å². The van der Waals surface area contributed by atoms with Gasteiger partial charge in [-0.2, -0.15) is 0 Å². The van der Waals surface area contributed by atoms with Crippen LogP contribution in [0.3, 0.4) is 0 Å². The number of methoxy groups -OCH3 is 1. The van der Waals surface area contributed by atoms with Crippen molar-refractivity contribution in [1.82, 2.24) is 4.90 Å². The van der Waals surface area contributed by atoms with Crippen molar-refractivity contribution in [3.8, 4) is 0 Å².